The minimum Gasteiger partial charge on any atom is -0.317 e. The van der Waals surface area contributed by atoms with Gasteiger partial charge in [-0.3, -0.25) is 4.90 Å². The van der Waals surface area contributed by atoms with E-state index in [2.05, 4.69) is 17.3 Å². The van der Waals surface area contributed by atoms with Gasteiger partial charge in [-0.2, -0.15) is 0 Å². The van der Waals surface area contributed by atoms with Crippen molar-refractivity contribution in [3.8, 4) is 0 Å². The fraction of sp³-hybridized carbons (Fsp3) is 1.00. The van der Waals surface area contributed by atoms with Gasteiger partial charge in [-0.15, -0.1) is 0 Å². The van der Waals surface area contributed by atoms with Crippen LogP contribution in [0.3, 0.4) is 0 Å². The van der Waals surface area contributed by atoms with Gasteiger partial charge < -0.3 is 5.32 Å². The van der Waals surface area contributed by atoms with Gasteiger partial charge in [0.1, 0.15) is 0 Å². The molecule has 0 aromatic heterocycles. The lowest BCUT2D eigenvalue weighted by Crippen LogP contribution is -2.71. The fourth-order valence-corrected chi connectivity index (χ4v) is 3.50. The molecular weight excluding hydrogens is 136 g/mol. The van der Waals surface area contributed by atoms with Crippen molar-refractivity contribution in [2.75, 3.05) is 20.1 Å². The lowest BCUT2D eigenvalue weighted by molar-refractivity contribution is -0.0867. The van der Waals surface area contributed by atoms with Crippen molar-refractivity contribution in [1.29, 1.82) is 0 Å². The zero-order valence-corrected chi connectivity index (χ0v) is 7.14. The highest BCUT2D eigenvalue weighted by molar-refractivity contribution is 5.20. The van der Waals surface area contributed by atoms with Gasteiger partial charge in [-0.25, -0.2) is 0 Å². The molecule has 3 atom stereocenters. The molecule has 2 saturated heterocycles. The van der Waals surface area contributed by atoms with E-state index in [1.54, 1.807) is 0 Å². The second-order valence-corrected chi connectivity index (χ2v) is 4.34. The summed E-state index contributed by atoms with van der Waals surface area (Å²) >= 11 is 0. The van der Waals surface area contributed by atoms with E-state index in [1.165, 1.54) is 32.4 Å². The molecule has 3 rings (SSSR count). The van der Waals surface area contributed by atoms with Crippen molar-refractivity contribution >= 4 is 0 Å². The molecular formula is C9H16N2. The molecule has 62 valence electrons. The van der Waals surface area contributed by atoms with Gasteiger partial charge in [0.2, 0.25) is 0 Å². The average molecular weight is 152 g/mol. The van der Waals surface area contributed by atoms with Gasteiger partial charge in [-0.1, -0.05) is 0 Å². The van der Waals surface area contributed by atoms with Crippen LogP contribution in [0.25, 0.3) is 0 Å². The normalized spacial score (nSPS) is 54.3. The summed E-state index contributed by atoms with van der Waals surface area (Å²) in [4.78, 5) is 2.70. The van der Waals surface area contributed by atoms with Crippen molar-refractivity contribution in [3.05, 3.63) is 0 Å². The number of nitrogens with zero attached hydrogens (tertiary/aromatic N) is 1. The molecule has 0 aromatic carbocycles. The topological polar surface area (TPSA) is 15.3 Å². The first-order chi connectivity index (χ1) is 5.37. The Morgan fingerprint density at radius 2 is 2.36 bits per heavy atom. The molecule has 1 saturated carbocycles. The minimum atomic E-state index is 0.716. The zero-order chi connectivity index (χ0) is 7.47. The summed E-state index contributed by atoms with van der Waals surface area (Å²) in [6, 6.07) is 0.847. The van der Waals surface area contributed by atoms with E-state index < -0.39 is 0 Å². The summed E-state index contributed by atoms with van der Waals surface area (Å²) in [5, 5.41) is 3.43. The Bertz CT molecular complexity index is 192. The standard InChI is InChI=1S/C9H16N2/c1-10-8-6-9-3-5-11(9)4-2-7(8)9/h7-8,10H,2-6H2,1H3. The Balaban J connectivity index is 1.82. The smallest absolute Gasteiger partial charge is 0.0280 e. The van der Waals surface area contributed by atoms with Crippen LogP contribution in [0.4, 0.5) is 0 Å². The molecule has 2 nitrogen and oxygen atoms in total. The molecule has 1 aliphatic carbocycles. The van der Waals surface area contributed by atoms with Crippen LogP contribution in [0.15, 0.2) is 0 Å². The summed E-state index contributed by atoms with van der Waals surface area (Å²) in [5.41, 5.74) is 0.716. The van der Waals surface area contributed by atoms with Gasteiger partial charge in [0.25, 0.3) is 0 Å². The molecule has 3 unspecified atom stereocenters. The van der Waals surface area contributed by atoms with Crippen molar-refractivity contribution in [2.45, 2.75) is 30.8 Å². The van der Waals surface area contributed by atoms with Crippen LogP contribution >= 0.6 is 0 Å². The summed E-state index contributed by atoms with van der Waals surface area (Å²) < 4.78 is 0. The van der Waals surface area contributed by atoms with Crippen LogP contribution in [0, 0.1) is 5.92 Å². The summed E-state index contributed by atoms with van der Waals surface area (Å²) in [6.07, 6.45) is 4.36. The van der Waals surface area contributed by atoms with Crippen LogP contribution in [0.1, 0.15) is 19.3 Å². The first kappa shape index (κ1) is 6.44. The van der Waals surface area contributed by atoms with E-state index in [0.717, 1.165) is 12.0 Å². The van der Waals surface area contributed by atoms with Crippen molar-refractivity contribution < 1.29 is 0 Å². The van der Waals surface area contributed by atoms with Crippen LogP contribution in [0.5, 0.6) is 0 Å². The third-order valence-corrected chi connectivity index (χ3v) is 4.27. The fourth-order valence-electron chi connectivity index (χ4n) is 3.50. The minimum absolute atomic E-state index is 0.716. The molecule has 2 heteroatoms. The lowest BCUT2D eigenvalue weighted by atomic mass is 9.59. The van der Waals surface area contributed by atoms with Crippen LogP contribution in [-0.2, 0) is 0 Å². The van der Waals surface area contributed by atoms with Crippen LogP contribution in [0.2, 0.25) is 0 Å². The molecule has 1 N–H and O–H groups in total. The maximum absolute atomic E-state index is 3.43. The van der Waals surface area contributed by atoms with Gasteiger partial charge in [0.15, 0.2) is 0 Å². The second-order valence-electron chi connectivity index (χ2n) is 4.34. The van der Waals surface area contributed by atoms with E-state index in [-0.39, 0.29) is 0 Å². The van der Waals surface area contributed by atoms with Crippen molar-refractivity contribution in [3.63, 3.8) is 0 Å². The van der Waals surface area contributed by atoms with Gasteiger partial charge in [0, 0.05) is 18.1 Å². The van der Waals surface area contributed by atoms with Crippen molar-refractivity contribution in [1.82, 2.24) is 10.2 Å². The highest BCUT2D eigenvalue weighted by Crippen LogP contribution is 2.57. The maximum Gasteiger partial charge on any atom is 0.0280 e. The molecule has 1 spiro atoms. The van der Waals surface area contributed by atoms with E-state index in [1.807, 2.05) is 0 Å². The summed E-state index contributed by atoms with van der Waals surface area (Å²) in [6.45, 7) is 2.76. The Labute approximate surface area is 68.0 Å². The van der Waals surface area contributed by atoms with Crippen molar-refractivity contribution in [2.24, 2.45) is 5.92 Å². The molecule has 0 aromatic rings. The number of hydrogen-bond donors (Lipinski definition) is 1. The van der Waals surface area contributed by atoms with E-state index in [4.69, 9.17) is 0 Å². The first-order valence-corrected chi connectivity index (χ1v) is 4.79. The number of rotatable bonds is 1. The van der Waals surface area contributed by atoms with Gasteiger partial charge in [-0.05, 0) is 38.8 Å². The third-order valence-electron chi connectivity index (χ3n) is 4.27. The maximum atomic E-state index is 3.43. The Morgan fingerprint density at radius 1 is 1.45 bits per heavy atom. The Kier molecular flexibility index (Phi) is 1.06. The van der Waals surface area contributed by atoms with Gasteiger partial charge in [0.05, 0.1) is 0 Å². The molecule has 3 aliphatic rings. The number of nitrogens with one attached hydrogen (secondary N) is 1. The third kappa shape index (κ3) is 0.541. The highest BCUT2D eigenvalue weighted by atomic mass is 15.3. The highest BCUT2D eigenvalue weighted by Gasteiger charge is 2.63. The Morgan fingerprint density at radius 3 is 3.00 bits per heavy atom. The predicted molar refractivity (Wildman–Crippen MR) is 44.5 cm³/mol. The predicted octanol–water partition coefficient (Wildman–Crippen LogP) is 0.443. The monoisotopic (exact) mass is 152 g/mol. The molecule has 3 fully saturated rings. The van der Waals surface area contributed by atoms with Crippen LogP contribution < -0.4 is 5.32 Å². The summed E-state index contributed by atoms with van der Waals surface area (Å²) in [5.74, 6) is 1.00. The number of hydrogen-bond acceptors (Lipinski definition) is 2. The van der Waals surface area contributed by atoms with E-state index in [9.17, 15) is 0 Å². The van der Waals surface area contributed by atoms with E-state index >= 15 is 0 Å². The van der Waals surface area contributed by atoms with Gasteiger partial charge >= 0.3 is 0 Å². The summed E-state index contributed by atoms with van der Waals surface area (Å²) in [7, 11) is 2.11. The molecule has 11 heavy (non-hydrogen) atoms. The lowest BCUT2D eigenvalue weighted by Gasteiger charge is -2.61. The first-order valence-electron chi connectivity index (χ1n) is 4.79. The molecule has 0 bridgehead atoms. The SMILES string of the molecule is CNC1CC23CCN2CCC13. The zero-order valence-electron chi connectivity index (χ0n) is 7.14. The molecule has 0 amide bonds. The van der Waals surface area contributed by atoms with E-state index in [0.29, 0.717) is 5.54 Å². The molecule has 2 heterocycles. The molecule has 0 radical (unpaired) electrons. The quantitative estimate of drug-likeness (QED) is 0.586. The largest absolute Gasteiger partial charge is 0.317 e. The van der Waals surface area contributed by atoms with Crippen LogP contribution in [-0.4, -0.2) is 36.6 Å². The Hall–Kier alpha value is -0.0800. The second kappa shape index (κ2) is 1.80. The molecule has 2 aliphatic heterocycles. The average Bonchev–Trinajstić information content (AvgIpc) is 2.10.